The van der Waals surface area contributed by atoms with Gasteiger partial charge in [-0.1, -0.05) is 6.07 Å². The molecule has 2 aromatic rings. The third-order valence-corrected chi connectivity index (χ3v) is 5.57. The van der Waals surface area contributed by atoms with Crippen molar-refractivity contribution in [3.05, 3.63) is 59.9 Å². The number of amides is 1. The second-order valence-corrected chi connectivity index (χ2v) is 7.35. The first-order valence-corrected chi connectivity index (χ1v) is 9.85. The average Bonchev–Trinajstić information content (AvgIpc) is 2.74. The van der Waals surface area contributed by atoms with Gasteiger partial charge in [0, 0.05) is 56.2 Å². The number of halogens is 1. The van der Waals surface area contributed by atoms with Crippen LogP contribution >= 0.6 is 0 Å². The molecular formula is C22H26FN3O. The quantitative estimate of drug-likeness (QED) is 0.826. The Morgan fingerprint density at radius 1 is 0.741 bits per heavy atom. The number of rotatable bonds is 3. The molecule has 1 amide bonds. The van der Waals surface area contributed by atoms with Crippen LogP contribution in [0.3, 0.4) is 0 Å². The molecule has 2 aromatic carbocycles. The third kappa shape index (κ3) is 4.07. The maximum absolute atomic E-state index is 13.4. The van der Waals surface area contributed by atoms with Gasteiger partial charge in [-0.15, -0.1) is 0 Å². The molecule has 2 fully saturated rings. The number of hydrogen-bond acceptors (Lipinski definition) is 3. The van der Waals surface area contributed by atoms with Crippen molar-refractivity contribution in [2.24, 2.45) is 0 Å². The summed E-state index contributed by atoms with van der Waals surface area (Å²) in [5.41, 5.74) is 2.93. The van der Waals surface area contributed by atoms with Crippen LogP contribution in [0.4, 0.5) is 15.8 Å². The van der Waals surface area contributed by atoms with Crippen LogP contribution in [0, 0.1) is 5.82 Å². The minimum absolute atomic E-state index is 0.0883. The van der Waals surface area contributed by atoms with E-state index in [1.165, 1.54) is 42.8 Å². The molecule has 142 valence electrons. The number of carbonyl (C=O) groups is 1. The smallest absolute Gasteiger partial charge is 0.254 e. The fraction of sp³-hybridized carbons (Fsp3) is 0.409. The number of piperazine rings is 1. The Balaban J connectivity index is 1.35. The largest absolute Gasteiger partial charge is 0.372 e. The van der Waals surface area contributed by atoms with Crippen LogP contribution in [-0.2, 0) is 0 Å². The summed E-state index contributed by atoms with van der Waals surface area (Å²) in [7, 11) is 0. The topological polar surface area (TPSA) is 26.8 Å². The lowest BCUT2D eigenvalue weighted by atomic mass is 10.1. The van der Waals surface area contributed by atoms with E-state index in [0.717, 1.165) is 26.2 Å². The highest BCUT2D eigenvalue weighted by Gasteiger charge is 2.22. The summed E-state index contributed by atoms with van der Waals surface area (Å²) in [6.45, 7) is 5.21. The molecule has 2 aliphatic heterocycles. The highest BCUT2D eigenvalue weighted by atomic mass is 19.1. The molecule has 5 heteroatoms. The van der Waals surface area contributed by atoms with Crippen LogP contribution < -0.4 is 9.80 Å². The van der Waals surface area contributed by atoms with Crippen molar-refractivity contribution in [2.45, 2.75) is 19.3 Å². The molecular weight excluding hydrogens is 341 g/mol. The van der Waals surface area contributed by atoms with E-state index in [1.54, 1.807) is 12.1 Å². The Kier molecular flexibility index (Phi) is 5.28. The summed E-state index contributed by atoms with van der Waals surface area (Å²) in [5, 5.41) is 0. The maximum atomic E-state index is 13.4. The molecule has 2 aliphatic rings. The molecule has 0 radical (unpaired) electrons. The maximum Gasteiger partial charge on any atom is 0.254 e. The number of hydrogen-bond donors (Lipinski definition) is 0. The number of anilines is 2. The molecule has 0 N–H and O–H groups in total. The molecule has 0 aromatic heterocycles. The van der Waals surface area contributed by atoms with E-state index >= 15 is 0 Å². The van der Waals surface area contributed by atoms with Gasteiger partial charge in [-0.3, -0.25) is 4.79 Å². The van der Waals surface area contributed by atoms with E-state index in [4.69, 9.17) is 0 Å². The van der Waals surface area contributed by atoms with Gasteiger partial charge < -0.3 is 14.7 Å². The Labute approximate surface area is 160 Å². The van der Waals surface area contributed by atoms with Gasteiger partial charge in [-0.25, -0.2) is 4.39 Å². The normalized spacial score (nSPS) is 17.9. The summed E-state index contributed by atoms with van der Waals surface area (Å²) in [5.74, 6) is -0.456. The zero-order valence-electron chi connectivity index (χ0n) is 15.6. The molecule has 2 heterocycles. The first-order chi connectivity index (χ1) is 13.2. The number of benzene rings is 2. The summed E-state index contributed by atoms with van der Waals surface area (Å²) in [6, 6.07) is 14.7. The van der Waals surface area contributed by atoms with Gasteiger partial charge in [0.05, 0.1) is 0 Å². The number of piperidine rings is 1. The molecule has 2 saturated heterocycles. The minimum atomic E-state index is -0.367. The zero-order chi connectivity index (χ0) is 18.6. The lowest BCUT2D eigenvalue weighted by Gasteiger charge is -2.36. The molecule has 4 nitrogen and oxygen atoms in total. The molecule has 0 unspecified atom stereocenters. The molecule has 27 heavy (non-hydrogen) atoms. The van der Waals surface area contributed by atoms with Crippen LogP contribution in [0.2, 0.25) is 0 Å². The van der Waals surface area contributed by atoms with E-state index < -0.39 is 0 Å². The van der Waals surface area contributed by atoms with Crippen LogP contribution in [0.25, 0.3) is 0 Å². The van der Waals surface area contributed by atoms with Gasteiger partial charge in [0.15, 0.2) is 0 Å². The molecule has 0 aliphatic carbocycles. The summed E-state index contributed by atoms with van der Waals surface area (Å²) < 4.78 is 13.4. The van der Waals surface area contributed by atoms with E-state index in [-0.39, 0.29) is 11.7 Å². The molecule has 0 atom stereocenters. The molecule has 0 bridgehead atoms. The Hall–Kier alpha value is -2.56. The van der Waals surface area contributed by atoms with Crippen molar-refractivity contribution >= 4 is 17.3 Å². The van der Waals surface area contributed by atoms with Crippen LogP contribution in [-0.4, -0.2) is 50.1 Å². The summed E-state index contributed by atoms with van der Waals surface area (Å²) >= 11 is 0. The number of carbonyl (C=O) groups excluding carboxylic acids is 1. The van der Waals surface area contributed by atoms with Gasteiger partial charge in [0.25, 0.3) is 5.91 Å². The minimum Gasteiger partial charge on any atom is -0.372 e. The summed E-state index contributed by atoms with van der Waals surface area (Å²) in [4.78, 5) is 19.1. The monoisotopic (exact) mass is 367 g/mol. The standard InChI is InChI=1S/C22H26FN3O/c23-19-6-4-5-18(17-19)22(27)26-15-13-25(14-16-26)21-9-7-20(8-10-21)24-11-2-1-3-12-24/h4-10,17H,1-3,11-16H2. The van der Waals surface area contributed by atoms with Gasteiger partial charge in [0.2, 0.25) is 0 Å². The van der Waals surface area contributed by atoms with Gasteiger partial charge in [-0.2, -0.15) is 0 Å². The van der Waals surface area contributed by atoms with Crippen molar-refractivity contribution < 1.29 is 9.18 Å². The number of nitrogens with zero attached hydrogens (tertiary/aromatic N) is 3. The average molecular weight is 367 g/mol. The first kappa shape index (κ1) is 17.8. The van der Waals surface area contributed by atoms with Crippen molar-refractivity contribution in [3.8, 4) is 0 Å². The Morgan fingerprint density at radius 2 is 1.33 bits per heavy atom. The van der Waals surface area contributed by atoms with Gasteiger partial charge in [0.1, 0.15) is 5.82 Å². The van der Waals surface area contributed by atoms with E-state index in [1.807, 2.05) is 4.90 Å². The highest BCUT2D eigenvalue weighted by Crippen LogP contribution is 2.24. The van der Waals surface area contributed by atoms with Gasteiger partial charge in [-0.05, 0) is 61.7 Å². The SMILES string of the molecule is O=C(c1cccc(F)c1)N1CCN(c2ccc(N3CCCCC3)cc2)CC1. The first-order valence-electron chi connectivity index (χ1n) is 9.85. The third-order valence-electron chi connectivity index (χ3n) is 5.57. The summed E-state index contributed by atoms with van der Waals surface area (Å²) in [6.07, 6.45) is 3.90. The van der Waals surface area contributed by atoms with E-state index in [0.29, 0.717) is 18.7 Å². The fourth-order valence-corrected chi connectivity index (χ4v) is 4.00. The molecule has 0 saturated carbocycles. The Morgan fingerprint density at radius 3 is 1.93 bits per heavy atom. The predicted molar refractivity (Wildman–Crippen MR) is 107 cm³/mol. The van der Waals surface area contributed by atoms with Crippen LogP contribution in [0.5, 0.6) is 0 Å². The van der Waals surface area contributed by atoms with Gasteiger partial charge >= 0.3 is 0 Å². The van der Waals surface area contributed by atoms with E-state index in [2.05, 4.69) is 34.1 Å². The van der Waals surface area contributed by atoms with Crippen LogP contribution in [0.1, 0.15) is 29.6 Å². The van der Waals surface area contributed by atoms with Crippen molar-refractivity contribution in [2.75, 3.05) is 49.1 Å². The fourth-order valence-electron chi connectivity index (χ4n) is 4.00. The van der Waals surface area contributed by atoms with Crippen molar-refractivity contribution in [1.82, 2.24) is 4.90 Å². The lowest BCUT2D eigenvalue weighted by molar-refractivity contribution is 0.0746. The second kappa shape index (κ2) is 7.99. The molecule has 4 rings (SSSR count). The van der Waals surface area contributed by atoms with Crippen molar-refractivity contribution in [3.63, 3.8) is 0 Å². The lowest BCUT2D eigenvalue weighted by Crippen LogP contribution is -2.48. The second-order valence-electron chi connectivity index (χ2n) is 7.35. The Bertz CT molecular complexity index is 778. The highest BCUT2D eigenvalue weighted by molar-refractivity contribution is 5.94. The molecule has 0 spiro atoms. The zero-order valence-corrected chi connectivity index (χ0v) is 15.6. The van der Waals surface area contributed by atoms with Crippen molar-refractivity contribution in [1.29, 1.82) is 0 Å². The predicted octanol–water partition coefficient (Wildman–Crippen LogP) is 3.78. The van der Waals surface area contributed by atoms with Crippen LogP contribution in [0.15, 0.2) is 48.5 Å². The van der Waals surface area contributed by atoms with E-state index in [9.17, 15) is 9.18 Å².